The first kappa shape index (κ1) is 12.2. The van der Waals surface area contributed by atoms with Gasteiger partial charge in [0.1, 0.15) is 0 Å². The quantitative estimate of drug-likeness (QED) is 0.802. The van der Waals surface area contributed by atoms with Gasteiger partial charge in [0.25, 0.3) is 0 Å². The molecule has 0 radical (unpaired) electrons. The van der Waals surface area contributed by atoms with Crippen LogP contribution in [0.1, 0.15) is 50.5 Å². The van der Waals surface area contributed by atoms with Crippen molar-refractivity contribution >= 4 is 0 Å². The van der Waals surface area contributed by atoms with Gasteiger partial charge in [-0.25, -0.2) is 0 Å². The van der Waals surface area contributed by atoms with E-state index in [0.29, 0.717) is 0 Å². The zero-order valence-corrected chi connectivity index (χ0v) is 10.9. The summed E-state index contributed by atoms with van der Waals surface area (Å²) < 4.78 is 12.1. The first-order valence-corrected chi connectivity index (χ1v) is 7.24. The van der Waals surface area contributed by atoms with Gasteiger partial charge >= 0.3 is 0 Å². The molecule has 0 aromatic heterocycles. The Hall–Kier alpha value is -0.860. The van der Waals surface area contributed by atoms with E-state index in [0.717, 1.165) is 32.3 Å². The number of benzene rings is 1. The lowest BCUT2D eigenvalue weighted by atomic mass is 9.79. The van der Waals surface area contributed by atoms with Crippen LogP contribution in [-0.2, 0) is 15.1 Å². The summed E-state index contributed by atoms with van der Waals surface area (Å²) in [6, 6.07) is 10.7. The van der Waals surface area contributed by atoms with Crippen molar-refractivity contribution in [2.75, 3.05) is 6.61 Å². The molecule has 1 atom stereocenters. The molecule has 3 rings (SSSR count). The second-order valence-corrected chi connectivity index (χ2v) is 5.48. The molecule has 1 aliphatic carbocycles. The fourth-order valence-corrected chi connectivity index (χ4v) is 3.23. The summed E-state index contributed by atoms with van der Waals surface area (Å²) in [6.45, 7) is 0.857. The standard InChI is InChI=1S/C16H22O2/c1-3-8-14(9-4-1)16(11-5-2-6-12-16)18-15-10-7-13-17-15/h1,3-4,8-9,15H,2,5-7,10-13H2. The fourth-order valence-electron chi connectivity index (χ4n) is 3.23. The van der Waals surface area contributed by atoms with Crippen LogP contribution in [0.2, 0.25) is 0 Å². The summed E-state index contributed by atoms with van der Waals surface area (Å²) >= 11 is 0. The third kappa shape index (κ3) is 2.45. The highest BCUT2D eigenvalue weighted by molar-refractivity contribution is 5.23. The van der Waals surface area contributed by atoms with Crippen LogP contribution in [0.5, 0.6) is 0 Å². The highest BCUT2D eigenvalue weighted by atomic mass is 16.7. The van der Waals surface area contributed by atoms with Crippen molar-refractivity contribution in [1.29, 1.82) is 0 Å². The van der Waals surface area contributed by atoms with E-state index in [1.54, 1.807) is 0 Å². The molecule has 1 saturated heterocycles. The van der Waals surface area contributed by atoms with Crippen LogP contribution in [0, 0.1) is 0 Å². The average Bonchev–Trinajstić information content (AvgIpc) is 2.94. The van der Waals surface area contributed by atoms with Gasteiger partial charge in [-0.2, -0.15) is 0 Å². The summed E-state index contributed by atoms with van der Waals surface area (Å²) in [6.07, 6.45) is 8.34. The third-order valence-corrected chi connectivity index (χ3v) is 4.21. The monoisotopic (exact) mass is 246 g/mol. The van der Waals surface area contributed by atoms with Gasteiger partial charge in [-0.05, 0) is 24.8 Å². The van der Waals surface area contributed by atoms with E-state index in [1.807, 2.05) is 0 Å². The van der Waals surface area contributed by atoms with Crippen LogP contribution in [0.3, 0.4) is 0 Å². The molecule has 18 heavy (non-hydrogen) atoms. The average molecular weight is 246 g/mol. The van der Waals surface area contributed by atoms with E-state index in [-0.39, 0.29) is 11.9 Å². The Balaban J connectivity index is 1.83. The van der Waals surface area contributed by atoms with Gasteiger partial charge in [0, 0.05) is 13.0 Å². The molecule has 2 heteroatoms. The fraction of sp³-hybridized carbons (Fsp3) is 0.625. The van der Waals surface area contributed by atoms with E-state index >= 15 is 0 Å². The molecule has 1 unspecified atom stereocenters. The lowest BCUT2D eigenvalue weighted by Crippen LogP contribution is -2.36. The number of hydrogen-bond donors (Lipinski definition) is 0. The first-order chi connectivity index (χ1) is 8.89. The summed E-state index contributed by atoms with van der Waals surface area (Å²) in [7, 11) is 0. The maximum atomic E-state index is 6.40. The maximum absolute atomic E-state index is 6.40. The summed E-state index contributed by atoms with van der Waals surface area (Å²) in [5.74, 6) is 0. The molecular weight excluding hydrogens is 224 g/mol. The van der Waals surface area contributed by atoms with Crippen LogP contribution in [0.25, 0.3) is 0 Å². The van der Waals surface area contributed by atoms with Crippen molar-refractivity contribution < 1.29 is 9.47 Å². The molecule has 0 spiro atoms. The molecule has 1 aromatic carbocycles. The molecule has 1 saturated carbocycles. The first-order valence-electron chi connectivity index (χ1n) is 7.24. The van der Waals surface area contributed by atoms with Gasteiger partial charge in [0.2, 0.25) is 0 Å². The summed E-state index contributed by atoms with van der Waals surface area (Å²) in [4.78, 5) is 0. The van der Waals surface area contributed by atoms with Crippen molar-refractivity contribution in [2.45, 2.75) is 56.8 Å². The molecule has 0 N–H and O–H groups in total. The van der Waals surface area contributed by atoms with Crippen molar-refractivity contribution in [1.82, 2.24) is 0 Å². The van der Waals surface area contributed by atoms with E-state index in [2.05, 4.69) is 30.3 Å². The number of hydrogen-bond acceptors (Lipinski definition) is 2. The Bertz CT molecular complexity index is 362. The second-order valence-electron chi connectivity index (χ2n) is 5.48. The molecule has 0 bridgehead atoms. The molecule has 98 valence electrons. The van der Waals surface area contributed by atoms with Gasteiger partial charge in [-0.15, -0.1) is 0 Å². The van der Waals surface area contributed by atoms with Gasteiger partial charge < -0.3 is 9.47 Å². The van der Waals surface area contributed by atoms with Crippen LogP contribution in [0.4, 0.5) is 0 Å². The van der Waals surface area contributed by atoms with Gasteiger partial charge in [0.05, 0.1) is 5.60 Å². The second kappa shape index (κ2) is 5.41. The van der Waals surface area contributed by atoms with E-state index in [1.165, 1.54) is 24.8 Å². The van der Waals surface area contributed by atoms with Crippen LogP contribution in [-0.4, -0.2) is 12.9 Å². The topological polar surface area (TPSA) is 18.5 Å². The molecule has 1 heterocycles. The number of rotatable bonds is 3. The lowest BCUT2D eigenvalue weighted by Gasteiger charge is -2.39. The normalized spacial score (nSPS) is 27.2. The van der Waals surface area contributed by atoms with E-state index in [9.17, 15) is 0 Å². The Morgan fingerprint density at radius 3 is 2.44 bits per heavy atom. The largest absolute Gasteiger partial charge is 0.353 e. The minimum absolute atomic E-state index is 0.0170. The molecular formula is C16H22O2. The SMILES string of the molecule is c1ccc(C2(OC3CCCO3)CCCCC2)cc1. The third-order valence-electron chi connectivity index (χ3n) is 4.21. The minimum Gasteiger partial charge on any atom is -0.353 e. The Labute approximate surface area is 109 Å². The van der Waals surface area contributed by atoms with Crippen molar-refractivity contribution in [3.8, 4) is 0 Å². The molecule has 0 amide bonds. The maximum Gasteiger partial charge on any atom is 0.158 e. The van der Waals surface area contributed by atoms with Crippen LogP contribution in [0.15, 0.2) is 30.3 Å². The highest BCUT2D eigenvalue weighted by Gasteiger charge is 2.38. The smallest absolute Gasteiger partial charge is 0.158 e. The highest BCUT2D eigenvalue weighted by Crippen LogP contribution is 2.42. The van der Waals surface area contributed by atoms with Crippen molar-refractivity contribution in [3.05, 3.63) is 35.9 Å². The molecule has 1 aliphatic heterocycles. The Kier molecular flexibility index (Phi) is 3.67. The van der Waals surface area contributed by atoms with Gasteiger partial charge in [0.15, 0.2) is 6.29 Å². The Morgan fingerprint density at radius 2 is 1.78 bits per heavy atom. The van der Waals surface area contributed by atoms with Crippen molar-refractivity contribution in [3.63, 3.8) is 0 Å². The van der Waals surface area contributed by atoms with Crippen molar-refractivity contribution in [2.24, 2.45) is 0 Å². The Morgan fingerprint density at radius 1 is 1.00 bits per heavy atom. The summed E-state index contributed by atoms with van der Waals surface area (Å²) in [5.41, 5.74) is 1.24. The molecule has 2 fully saturated rings. The zero-order valence-electron chi connectivity index (χ0n) is 10.9. The summed E-state index contributed by atoms with van der Waals surface area (Å²) in [5, 5.41) is 0. The zero-order chi connectivity index (χ0) is 12.3. The predicted octanol–water partition coefficient (Wildman–Crippen LogP) is 4.00. The van der Waals surface area contributed by atoms with Crippen LogP contribution >= 0.6 is 0 Å². The molecule has 2 nitrogen and oxygen atoms in total. The van der Waals surface area contributed by atoms with E-state index in [4.69, 9.17) is 9.47 Å². The van der Waals surface area contributed by atoms with E-state index < -0.39 is 0 Å². The van der Waals surface area contributed by atoms with Crippen LogP contribution < -0.4 is 0 Å². The lowest BCUT2D eigenvalue weighted by molar-refractivity contribution is -0.206. The minimum atomic E-state index is -0.0888. The van der Waals surface area contributed by atoms with Gasteiger partial charge in [-0.1, -0.05) is 49.6 Å². The van der Waals surface area contributed by atoms with Gasteiger partial charge in [-0.3, -0.25) is 0 Å². The molecule has 1 aromatic rings. The number of ether oxygens (including phenoxy) is 2. The molecule has 2 aliphatic rings. The predicted molar refractivity (Wildman–Crippen MR) is 71.3 cm³/mol.